The van der Waals surface area contributed by atoms with Crippen LogP contribution in [0.25, 0.3) is 0 Å². The van der Waals surface area contributed by atoms with Gasteiger partial charge in [-0.2, -0.15) is 0 Å². The summed E-state index contributed by atoms with van der Waals surface area (Å²) in [6.07, 6.45) is -0.112. The zero-order valence-electron chi connectivity index (χ0n) is 19.4. The molecule has 6 rings (SSSR count). The molecule has 0 amide bonds. The molecule has 6 nitrogen and oxygen atoms in total. The average Bonchev–Trinajstić information content (AvgIpc) is 3.39. The molecule has 0 radical (unpaired) electrons. The molecule has 1 spiro atoms. The first-order valence-electron chi connectivity index (χ1n) is 11.9. The zero-order valence-corrected chi connectivity index (χ0v) is 19.4. The highest BCUT2D eigenvalue weighted by Crippen LogP contribution is 2.54. The predicted octanol–water partition coefficient (Wildman–Crippen LogP) is 4.30. The van der Waals surface area contributed by atoms with Gasteiger partial charge in [-0.3, -0.25) is 0 Å². The van der Waals surface area contributed by atoms with Gasteiger partial charge in [-0.25, -0.2) is 0 Å². The van der Waals surface area contributed by atoms with Crippen molar-refractivity contribution in [3.05, 3.63) is 71.3 Å². The Morgan fingerprint density at radius 2 is 1.85 bits per heavy atom. The molecule has 3 heterocycles. The Kier molecular flexibility index (Phi) is 5.36. The maximum absolute atomic E-state index is 6.56. The van der Waals surface area contributed by atoms with Crippen LogP contribution in [0.15, 0.2) is 54.6 Å². The van der Waals surface area contributed by atoms with Gasteiger partial charge in [-0.05, 0) is 44.2 Å². The van der Waals surface area contributed by atoms with Gasteiger partial charge in [-0.15, -0.1) is 0 Å². The van der Waals surface area contributed by atoms with Crippen molar-refractivity contribution in [2.75, 3.05) is 13.2 Å². The van der Waals surface area contributed by atoms with Crippen LogP contribution in [0.3, 0.4) is 0 Å². The molecule has 3 aliphatic heterocycles. The quantitative estimate of drug-likeness (QED) is 0.674. The van der Waals surface area contributed by atoms with Crippen molar-refractivity contribution in [2.45, 2.75) is 75.9 Å². The topological polar surface area (TPSA) is 55.4 Å². The van der Waals surface area contributed by atoms with Crippen LogP contribution in [-0.2, 0) is 35.0 Å². The van der Waals surface area contributed by atoms with E-state index in [2.05, 4.69) is 55.5 Å². The largest absolute Gasteiger partial charge is 0.365 e. The predicted molar refractivity (Wildman–Crippen MR) is 120 cm³/mol. The molecule has 0 aromatic heterocycles. The highest BCUT2D eigenvalue weighted by atomic mass is 16.9. The molecular weight excluding hydrogens is 420 g/mol. The summed E-state index contributed by atoms with van der Waals surface area (Å²) in [5, 5.41) is 0. The molecule has 7 atom stereocenters. The fraction of sp³-hybridized carbons (Fsp3) is 0.556. The number of hydrogen-bond acceptors (Lipinski definition) is 6. The summed E-state index contributed by atoms with van der Waals surface area (Å²) < 4.78 is 37.9. The third-order valence-corrected chi connectivity index (χ3v) is 7.16. The standard InChI is InChI=1S/C27H32O6/c1-17-8-7-9-18(12-17)14-28-24-23-22(15-29-27(24)16-30-26(2,3)33-27)31-25(32-23)21-13-20(21)19-10-5-4-6-11-19/h4-12,20-25H,13-16H2,1-3H3/t20-,21+,22+,23+,24-,25+,27-/m0/s1. The highest BCUT2D eigenvalue weighted by Gasteiger charge is 2.64. The van der Waals surface area contributed by atoms with Gasteiger partial charge in [-0.1, -0.05) is 60.2 Å². The molecule has 0 bridgehead atoms. The van der Waals surface area contributed by atoms with E-state index in [1.54, 1.807) is 0 Å². The number of benzene rings is 2. The second-order valence-corrected chi connectivity index (χ2v) is 10.2. The van der Waals surface area contributed by atoms with E-state index in [0.29, 0.717) is 31.7 Å². The Labute approximate surface area is 195 Å². The lowest BCUT2D eigenvalue weighted by Gasteiger charge is -2.43. The maximum Gasteiger partial charge on any atom is 0.224 e. The lowest BCUT2D eigenvalue weighted by molar-refractivity contribution is -0.336. The van der Waals surface area contributed by atoms with Crippen molar-refractivity contribution < 1.29 is 28.4 Å². The monoisotopic (exact) mass is 452 g/mol. The number of fused-ring (bicyclic) bond motifs is 1. The van der Waals surface area contributed by atoms with Gasteiger partial charge in [0.25, 0.3) is 0 Å². The number of hydrogen-bond donors (Lipinski definition) is 0. The van der Waals surface area contributed by atoms with Crippen LogP contribution in [0.2, 0.25) is 0 Å². The Balaban J connectivity index is 1.21. The number of ether oxygens (including phenoxy) is 6. The van der Waals surface area contributed by atoms with Crippen LogP contribution in [0.4, 0.5) is 0 Å². The van der Waals surface area contributed by atoms with E-state index in [4.69, 9.17) is 28.4 Å². The molecule has 2 aromatic rings. The Morgan fingerprint density at radius 3 is 2.61 bits per heavy atom. The van der Waals surface area contributed by atoms with Crippen LogP contribution >= 0.6 is 0 Å². The van der Waals surface area contributed by atoms with Crippen LogP contribution in [-0.4, -0.2) is 49.4 Å². The van der Waals surface area contributed by atoms with Crippen molar-refractivity contribution in [3.63, 3.8) is 0 Å². The van der Waals surface area contributed by atoms with Crippen LogP contribution < -0.4 is 0 Å². The third-order valence-electron chi connectivity index (χ3n) is 7.16. The van der Waals surface area contributed by atoms with E-state index in [1.165, 1.54) is 11.1 Å². The molecule has 0 unspecified atom stereocenters. The van der Waals surface area contributed by atoms with Crippen molar-refractivity contribution in [2.24, 2.45) is 5.92 Å². The summed E-state index contributed by atoms with van der Waals surface area (Å²) in [6.45, 7) is 7.02. The molecule has 6 heteroatoms. The second kappa shape index (κ2) is 8.15. The molecule has 0 N–H and O–H groups in total. The summed E-state index contributed by atoms with van der Waals surface area (Å²) >= 11 is 0. The van der Waals surface area contributed by atoms with E-state index in [1.807, 2.05) is 19.9 Å². The molecule has 3 saturated heterocycles. The van der Waals surface area contributed by atoms with E-state index in [-0.39, 0.29) is 18.5 Å². The minimum Gasteiger partial charge on any atom is -0.365 e. The fourth-order valence-corrected chi connectivity index (χ4v) is 5.45. The number of aryl methyl sites for hydroxylation is 1. The van der Waals surface area contributed by atoms with Crippen molar-refractivity contribution in [1.82, 2.24) is 0 Å². The first-order valence-corrected chi connectivity index (χ1v) is 11.9. The summed E-state index contributed by atoms with van der Waals surface area (Å²) in [7, 11) is 0. The maximum atomic E-state index is 6.56. The molecule has 1 aliphatic carbocycles. The van der Waals surface area contributed by atoms with Gasteiger partial charge in [0.1, 0.15) is 24.9 Å². The van der Waals surface area contributed by atoms with E-state index in [9.17, 15) is 0 Å². The van der Waals surface area contributed by atoms with Crippen molar-refractivity contribution in [3.8, 4) is 0 Å². The highest BCUT2D eigenvalue weighted by molar-refractivity contribution is 5.26. The summed E-state index contributed by atoms with van der Waals surface area (Å²) in [5.74, 6) is -0.924. The summed E-state index contributed by atoms with van der Waals surface area (Å²) in [4.78, 5) is 0. The zero-order chi connectivity index (χ0) is 22.6. The molecular formula is C27H32O6. The SMILES string of the molecule is Cc1cccc(CO[C@H]2[C@@H]3O[C@H]([C@@H]4C[C@H]4c4ccccc4)O[C@@H]3CO[C@]23COC(C)(C)O3)c1. The second-order valence-electron chi connectivity index (χ2n) is 10.2. The van der Waals surface area contributed by atoms with Gasteiger partial charge in [0.15, 0.2) is 12.1 Å². The first-order chi connectivity index (χ1) is 15.9. The van der Waals surface area contributed by atoms with Crippen LogP contribution in [0.5, 0.6) is 0 Å². The van der Waals surface area contributed by atoms with Gasteiger partial charge in [0, 0.05) is 5.92 Å². The molecule has 4 fully saturated rings. The minimum atomic E-state index is -1.00. The Morgan fingerprint density at radius 1 is 1.00 bits per heavy atom. The van der Waals surface area contributed by atoms with Crippen molar-refractivity contribution >= 4 is 0 Å². The minimum absolute atomic E-state index is 0.188. The van der Waals surface area contributed by atoms with Crippen LogP contribution in [0, 0.1) is 12.8 Å². The lowest BCUT2D eigenvalue weighted by atomic mass is 9.97. The van der Waals surface area contributed by atoms with E-state index in [0.717, 1.165) is 12.0 Å². The van der Waals surface area contributed by atoms with E-state index >= 15 is 0 Å². The Hall–Kier alpha value is -1.80. The fourth-order valence-electron chi connectivity index (χ4n) is 5.45. The Bertz CT molecular complexity index is 993. The molecule has 176 valence electrons. The first kappa shape index (κ1) is 21.7. The normalized spacial score (nSPS) is 39.0. The van der Waals surface area contributed by atoms with Gasteiger partial charge >= 0.3 is 0 Å². The lowest BCUT2D eigenvalue weighted by Crippen LogP contribution is -2.62. The van der Waals surface area contributed by atoms with Gasteiger partial charge in [0.2, 0.25) is 5.79 Å². The average molecular weight is 453 g/mol. The van der Waals surface area contributed by atoms with E-state index < -0.39 is 17.7 Å². The summed E-state index contributed by atoms with van der Waals surface area (Å²) in [6, 6.07) is 18.9. The molecule has 4 aliphatic rings. The molecule has 1 saturated carbocycles. The number of rotatable bonds is 5. The van der Waals surface area contributed by atoms with Crippen molar-refractivity contribution in [1.29, 1.82) is 0 Å². The van der Waals surface area contributed by atoms with Crippen LogP contribution in [0.1, 0.15) is 42.9 Å². The third kappa shape index (κ3) is 4.14. The molecule has 33 heavy (non-hydrogen) atoms. The summed E-state index contributed by atoms with van der Waals surface area (Å²) in [5.41, 5.74) is 3.65. The van der Waals surface area contributed by atoms with Gasteiger partial charge < -0.3 is 28.4 Å². The van der Waals surface area contributed by atoms with Gasteiger partial charge in [0.05, 0.1) is 13.2 Å². The smallest absolute Gasteiger partial charge is 0.224 e. The molecule has 2 aromatic carbocycles.